The number of nitrogens with two attached hydrogens (primary N) is 2. The molecule has 0 bridgehead atoms. The molecule has 0 aliphatic carbocycles. The van der Waals surface area contributed by atoms with Crippen LogP contribution in [0.1, 0.15) is 12.8 Å². The normalized spacial score (nSPS) is 14.9. The van der Waals surface area contributed by atoms with Gasteiger partial charge in [-0.3, -0.25) is 4.99 Å². The minimum atomic E-state index is -4.24. The molecular formula is C6H13BrN4O5S. The average Bonchev–Trinajstić information content (AvgIpc) is 2.15. The van der Waals surface area contributed by atoms with Crippen molar-refractivity contribution in [3.63, 3.8) is 0 Å². The van der Waals surface area contributed by atoms with E-state index in [0.717, 1.165) is 0 Å². The molecular weight excluding hydrogens is 320 g/mol. The van der Waals surface area contributed by atoms with Crippen LogP contribution in [0.4, 0.5) is 0 Å². The van der Waals surface area contributed by atoms with Crippen molar-refractivity contribution in [1.82, 2.24) is 5.48 Å². The maximum Gasteiger partial charge on any atom is 0.342 e. The third-order valence-electron chi connectivity index (χ3n) is 1.92. The molecule has 0 aliphatic heterocycles. The number of carboxylic acids is 1. The summed E-state index contributed by atoms with van der Waals surface area (Å²) in [5.41, 5.74) is 11.4. The van der Waals surface area contributed by atoms with Gasteiger partial charge in [0, 0.05) is 6.54 Å². The van der Waals surface area contributed by atoms with E-state index in [0.29, 0.717) is 0 Å². The molecule has 0 aromatic carbocycles. The third-order valence-corrected chi connectivity index (χ3v) is 4.88. The van der Waals surface area contributed by atoms with Gasteiger partial charge in [0.2, 0.25) is 8.27 Å². The van der Waals surface area contributed by atoms with Crippen LogP contribution in [0.3, 0.4) is 0 Å². The van der Waals surface area contributed by atoms with E-state index in [1.165, 1.54) is 5.48 Å². The summed E-state index contributed by atoms with van der Waals surface area (Å²) in [6.45, 7) is 0.0432. The Morgan fingerprint density at radius 1 is 1.47 bits per heavy atom. The number of nitrogens with zero attached hydrogens (tertiary/aromatic N) is 1. The van der Waals surface area contributed by atoms with E-state index in [1.54, 1.807) is 0 Å². The number of rotatable bonds is 7. The number of hydroxylamine groups is 1. The Labute approximate surface area is 105 Å². The average molecular weight is 333 g/mol. The first kappa shape index (κ1) is 16.1. The highest BCUT2D eigenvalue weighted by molar-refractivity contribution is 9.47. The van der Waals surface area contributed by atoms with E-state index in [9.17, 15) is 13.2 Å². The Kier molecular flexibility index (Phi) is 5.81. The summed E-state index contributed by atoms with van der Waals surface area (Å²) in [7, 11) is -4.24. The van der Waals surface area contributed by atoms with Crippen LogP contribution in [-0.4, -0.2) is 42.1 Å². The number of carboxylic acid groups (broad SMARTS) is 1. The van der Waals surface area contributed by atoms with Crippen molar-refractivity contribution in [3.8, 4) is 0 Å². The lowest BCUT2D eigenvalue weighted by Crippen LogP contribution is -2.55. The zero-order chi connectivity index (χ0) is 13.7. The van der Waals surface area contributed by atoms with Crippen molar-refractivity contribution in [1.29, 1.82) is 0 Å². The number of aliphatic carboxylic acids is 1. The molecule has 0 rings (SSSR count). The predicted octanol–water partition coefficient (Wildman–Crippen LogP) is -1.48. The second kappa shape index (κ2) is 6.14. The number of halogens is 1. The first-order valence-electron chi connectivity index (χ1n) is 4.31. The summed E-state index contributed by atoms with van der Waals surface area (Å²) in [6.07, 6.45) is -0.369. The van der Waals surface area contributed by atoms with Crippen molar-refractivity contribution in [3.05, 3.63) is 0 Å². The molecule has 0 amide bonds. The van der Waals surface area contributed by atoms with Gasteiger partial charge in [0.05, 0.1) is 14.8 Å². The van der Waals surface area contributed by atoms with Gasteiger partial charge in [-0.05, 0) is 12.8 Å². The van der Waals surface area contributed by atoms with Crippen LogP contribution in [0.2, 0.25) is 0 Å². The maximum absolute atomic E-state index is 11.3. The first-order valence-corrected chi connectivity index (χ1v) is 7.64. The summed E-state index contributed by atoms with van der Waals surface area (Å²) < 4.78 is 22.6. The van der Waals surface area contributed by atoms with Crippen molar-refractivity contribution in [2.45, 2.75) is 17.7 Å². The molecule has 7 N–H and O–H groups in total. The summed E-state index contributed by atoms with van der Waals surface area (Å²) in [5.74, 6) is -1.92. The number of guanidine groups is 1. The molecule has 0 aromatic heterocycles. The standard InChI is InChI=1S/C6H13BrN4O5S/c7-17(15,16)6(11-14,4(12)13)2-1-3-10-5(8)9/h11,14H,1-3H2,(H,12,13)(H4,8,9,10). The molecule has 9 nitrogen and oxygen atoms in total. The van der Waals surface area contributed by atoms with E-state index in [4.69, 9.17) is 21.8 Å². The quantitative estimate of drug-likeness (QED) is 0.124. The van der Waals surface area contributed by atoms with E-state index >= 15 is 0 Å². The summed E-state index contributed by atoms with van der Waals surface area (Å²) in [4.78, 5) is 12.0. The van der Waals surface area contributed by atoms with E-state index < -0.39 is 25.5 Å². The van der Waals surface area contributed by atoms with E-state index in [-0.39, 0.29) is 18.9 Å². The Hall–Kier alpha value is -0.910. The van der Waals surface area contributed by atoms with Gasteiger partial charge in [-0.2, -0.15) is 5.48 Å². The lowest BCUT2D eigenvalue weighted by molar-refractivity contribution is -0.144. The number of carbonyl (C=O) groups is 1. The lowest BCUT2D eigenvalue weighted by atomic mass is 10.1. The predicted molar refractivity (Wildman–Crippen MR) is 63.0 cm³/mol. The number of hydrogen-bond acceptors (Lipinski definition) is 6. The second-order valence-electron chi connectivity index (χ2n) is 3.09. The smallest absolute Gasteiger partial charge is 0.342 e. The minimum absolute atomic E-state index is 0.0432. The molecule has 0 spiro atoms. The topological polar surface area (TPSA) is 168 Å². The fourth-order valence-electron chi connectivity index (χ4n) is 1.03. The Balaban J connectivity index is 4.86. The van der Waals surface area contributed by atoms with Crippen LogP contribution in [0.5, 0.6) is 0 Å². The summed E-state index contributed by atoms with van der Waals surface area (Å²) >= 11 is 2.23. The Morgan fingerprint density at radius 3 is 2.29 bits per heavy atom. The van der Waals surface area contributed by atoms with Gasteiger partial charge >= 0.3 is 5.97 Å². The van der Waals surface area contributed by atoms with Crippen LogP contribution < -0.4 is 16.9 Å². The second-order valence-corrected chi connectivity index (χ2v) is 7.22. The monoisotopic (exact) mass is 332 g/mol. The molecule has 0 aliphatic rings. The summed E-state index contributed by atoms with van der Waals surface area (Å²) in [5, 5.41) is 17.6. The molecule has 0 heterocycles. The molecule has 1 atom stereocenters. The number of nitrogens with one attached hydrogen (secondary N) is 1. The van der Waals surface area contributed by atoms with E-state index in [2.05, 4.69) is 19.8 Å². The first-order chi connectivity index (χ1) is 7.67. The van der Waals surface area contributed by atoms with Crippen LogP contribution in [0.15, 0.2) is 4.99 Å². The molecule has 0 fully saturated rings. The SMILES string of the molecule is NC(N)=NCCCC(NO)(C(=O)O)S(=O)(=O)Br. The fraction of sp³-hybridized carbons (Fsp3) is 0.667. The number of hydrogen-bond donors (Lipinski definition) is 5. The highest BCUT2D eigenvalue weighted by Gasteiger charge is 2.49. The van der Waals surface area contributed by atoms with Crippen molar-refractivity contribution >= 4 is 35.0 Å². The fourth-order valence-corrected chi connectivity index (χ4v) is 2.85. The third kappa shape index (κ3) is 4.11. The largest absolute Gasteiger partial charge is 0.479 e. The van der Waals surface area contributed by atoms with Gasteiger partial charge in [0.1, 0.15) is 0 Å². The van der Waals surface area contributed by atoms with Gasteiger partial charge in [0.15, 0.2) is 5.96 Å². The molecule has 0 saturated heterocycles. The molecule has 17 heavy (non-hydrogen) atoms. The lowest BCUT2D eigenvalue weighted by Gasteiger charge is -2.23. The molecule has 0 aromatic rings. The van der Waals surface area contributed by atoms with Crippen molar-refractivity contribution in [2.24, 2.45) is 16.5 Å². The van der Waals surface area contributed by atoms with Crippen LogP contribution >= 0.6 is 14.8 Å². The van der Waals surface area contributed by atoms with Crippen LogP contribution in [0, 0.1) is 0 Å². The van der Waals surface area contributed by atoms with Gasteiger partial charge in [-0.1, -0.05) is 0 Å². The van der Waals surface area contributed by atoms with Gasteiger partial charge in [0.25, 0.3) is 4.87 Å². The number of aliphatic imine (C=N–C) groups is 1. The highest BCUT2D eigenvalue weighted by Crippen LogP contribution is 2.26. The molecule has 1 unspecified atom stereocenters. The molecule has 0 saturated carbocycles. The van der Waals surface area contributed by atoms with Crippen molar-refractivity contribution in [2.75, 3.05) is 6.54 Å². The zero-order valence-electron chi connectivity index (χ0n) is 8.63. The van der Waals surface area contributed by atoms with Crippen LogP contribution in [0.25, 0.3) is 0 Å². The Morgan fingerprint density at radius 2 is 2.00 bits per heavy atom. The van der Waals surface area contributed by atoms with Gasteiger partial charge in [-0.15, -0.1) is 0 Å². The summed E-state index contributed by atoms with van der Waals surface area (Å²) in [6, 6.07) is 0. The van der Waals surface area contributed by atoms with Gasteiger partial charge in [-0.25, -0.2) is 13.2 Å². The maximum atomic E-state index is 11.3. The van der Waals surface area contributed by atoms with Gasteiger partial charge < -0.3 is 21.8 Å². The Bertz CT molecular complexity index is 407. The van der Waals surface area contributed by atoms with Crippen molar-refractivity contribution < 1.29 is 23.5 Å². The zero-order valence-corrected chi connectivity index (χ0v) is 11.0. The highest BCUT2D eigenvalue weighted by atomic mass is 79.9. The molecule has 0 radical (unpaired) electrons. The van der Waals surface area contributed by atoms with Crippen LogP contribution in [-0.2, 0) is 13.1 Å². The minimum Gasteiger partial charge on any atom is -0.479 e. The molecule has 11 heteroatoms. The molecule has 100 valence electrons. The van der Waals surface area contributed by atoms with E-state index in [1.807, 2.05) is 0 Å².